The van der Waals surface area contributed by atoms with Crippen LogP contribution in [0.1, 0.15) is 16.7 Å². The SMILES string of the molecule is Cc1ccc(CN(C)Cn2nnc3ccccc3c2=O)c(C)c1. The van der Waals surface area contributed by atoms with Crippen molar-refractivity contribution < 1.29 is 0 Å². The first-order chi connectivity index (χ1) is 11.0. The maximum Gasteiger partial charge on any atom is 0.278 e. The third-order valence-electron chi connectivity index (χ3n) is 3.94. The highest BCUT2D eigenvalue weighted by Crippen LogP contribution is 2.12. The molecule has 0 unspecified atom stereocenters. The number of aromatic nitrogens is 3. The molecule has 23 heavy (non-hydrogen) atoms. The molecule has 118 valence electrons. The van der Waals surface area contributed by atoms with E-state index in [1.54, 1.807) is 12.1 Å². The molecule has 2 aromatic carbocycles. The molecule has 0 spiro atoms. The number of hydrogen-bond donors (Lipinski definition) is 0. The molecule has 0 saturated heterocycles. The zero-order chi connectivity index (χ0) is 16.4. The van der Waals surface area contributed by atoms with Gasteiger partial charge in [-0.15, -0.1) is 5.10 Å². The van der Waals surface area contributed by atoms with Crippen LogP contribution in [0.5, 0.6) is 0 Å². The zero-order valence-corrected chi connectivity index (χ0v) is 13.7. The van der Waals surface area contributed by atoms with E-state index in [1.807, 2.05) is 19.2 Å². The summed E-state index contributed by atoms with van der Waals surface area (Å²) in [5.41, 5.74) is 4.29. The molecule has 5 nitrogen and oxygen atoms in total. The van der Waals surface area contributed by atoms with E-state index < -0.39 is 0 Å². The van der Waals surface area contributed by atoms with Crippen LogP contribution < -0.4 is 5.56 Å². The van der Waals surface area contributed by atoms with Gasteiger partial charge in [0, 0.05) is 6.54 Å². The van der Waals surface area contributed by atoms with Gasteiger partial charge < -0.3 is 0 Å². The van der Waals surface area contributed by atoms with Gasteiger partial charge in [-0.2, -0.15) is 4.68 Å². The third-order valence-corrected chi connectivity index (χ3v) is 3.94. The van der Waals surface area contributed by atoms with Crippen molar-refractivity contribution in [3.05, 3.63) is 69.5 Å². The Balaban J connectivity index is 1.81. The Morgan fingerprint density at radius 1 is 1.13 bits per heavy atom. The second-order valence-electron chi connectivity index (χ2n) is 6.00. The largest absolute Gasteiger partial charge is 0.283 e. The van der Waals surface area contributed by atoms with E-state index >= 15 is 0 Å². The second-order valence-corrected chi connectivity index (χ2v) is 6.00. The standard InChI is InChI=1S/C18H20N4O/c1-13-8-9-15(14(2)10-13)11-21(3)12-22-18(23)16-6-4-5-7-17(16)19-20-22/h4-10H,11-12H2,1-3H3. The van der Waals surface area contributed by atoms with Gasteiger partial charge in [0.05, 0.1) is 12.1 Å². The Bertz CT molecular complexity index is 901. The zero-order valence-electron chi connectivity index (χ0n) is 13.7. The lowest BCUT2D eigenvalue weighted by molar-refractivity contribution is 0.236. The van der Waals surface area contributed by atoms with Gasteiger partial charge in [-0.3, -0.25) is 9.69 Å². The highest BCUT2D eigenvalue weighted by Gasteiger charge is 2.09. The first-order valence-electron chi connectivity index (χ1n) is 7.62. The Labute approximate surface area is 135 Å². The fraction of sp³-hybridized carbons (Fsp3) is 0.278. The van der Waals surface area contributed by atoms with Crippen LogP contribution in [0.25, 0.3) is 10.9 Å². The van der Waals surface area contributed by atoms with E-state index in [1.165, 1.54) is 21.4 Å². The molecule has 0 N–H and O–H groups in total. The fourth-order valence-corrected chi connectivity index (χ4v) is 2.71. The Hall–Kier alpha value is -2.53. The molecule has 0 aliphatic heterocycles. The molecule has 3 rings (SSSR count). The summed E-state index contributed by atoms with van der Waals surface area (Å²) in [5, 5.41) is 8.75. The van der Waals surface area contributed by atoms with Crippen molar-refractivity contribution in [3.8, 4) is 0 Å². The van der Waals surface area contributed by atoms with Crippen LogP contribution in [-0.2, 0) is 13.2 Å². The van der Waals surface area contributed by atoms with Gasteiger partial charge in [-0.05, 0) is 44.2 Å². The smallest absolute Gasteiger partial charge is 0.278 e. The molecular weight excluding hydrogens is 288 g/mol. The molecule has 0 amide bonds. The van der Waals surface area contributed by atoms with Crippen molar-refractivity contribution in [2.45, 2.75) is 27.1 Å². The average Bonchev–Trinajstić information content (AvgIpc) is 2.53. The summed E-state index contributed by atoms with van der Waals surface area (Å²) in [6.07, 6.45) is 0. The Kier molecular flexibility index (Phi) is 4.21. The van der Waals surface area contributed by atoms with Crippen LogP contribution in [0, 0.1) is 13.8 Å². The van der Waals surface area contributed by atoms with Gasteiger partial charge >= 0.3 is 0 Å². The van der Waals surface area contributed by atoms with Gasteiger partial charge in [0.25, 0.3) is 5.56 Å². The number of hydrogen-bond acceptors (Lipinski definition) is 4. The van der Waals surface area contributed by atoms with E-state index in [0.29, 0.717) is 17.6 Å². The van der Waals surface area contributed by atoms with E-state index in [4.69, 9.17) is 0 Å². The van der Waals surface area contributed by atoms with E-state index in [2.05, 4.69) is 47.3 Å². The van der Waals surface area contributed by atoms with Crippen molar-refractivity contribution in [3.63, 3.8) is 0 Å². The maximum atomic E-state index is 12.5. The molecule has 0 radical (unpaired) electrons. The van der Waals surface area contributed by atoms with Crippen molar-refractivity contribution in [1.29, 1.82) is 0 Å². The summed E-state index contributed by atoms with van der Waals surface area (Å²) in [5.74, 6) is 0. The minimum Gasteiger partial charge on any atom is -0.283 e. The van der Waals surface area contributed by atoms with Gasteiger partial charge in [0.2, 0.25) is 0 Å². The minimum absolute atomic E-state index is 0.108. The highest BCUT2D eigenvalue weighted by molar-refractivity contribution is 5.76. The number of aryl methyl sites for hydroxylation is 2. The molecule has 0 bridgehead atoms. The normalized spacial score (nSPS) is 11.3. The molecule has 0 saturated carbocycles. The second kappa shape index (κ2) is 6.30. The van der Waals surface area contributed by atoms with Gasteiger partial charge in [0.1, 0.15) is 5.52 Å². The van der Waals surface area contributed by atoms with Crippen LogP contribution >= 0.6 is 0 Å². The van der Waals surface area contributed by atoms with E-state index in [-0.39, 0.29) is 5.56 Å². The molecule has 1 aromatic heterocycles. The Morgan fingerprint density at radius 2 is 1.91 bits per heavy atom. The number of rotatable bonds is 4. The van der Waals surface area contributed by atoms with Crippen molar-refractivity contribution in [1.82, 2.24) is 19.9 Å². The predicted molar refractivity (Wildman–Crippen MR) is 91.2 cm³/mol. The van der Waals surface area contributed by atoms with Crippen molar-refractivity contribution >= 4 is 10.9 Å². The first kappa shape index (κ1) is 15.4. The summed E-state index contributed by atoms with van der Waals surface area (Å²) in [7, 11) is 1.97. The summed E-state index contributed by atoms with van der Waals surface area (Å²) in [6.45, 7) is 5.36. The molecule has 0 atom stereocenters. The van der Waals surface area contributed by atoms with E-state index in [0.717, 1.165) is 6.54 Å². The number of benzene rings is 2. The first-order valence-corrected chi connectivity index (χ1v) is 7.62. The molecule has 0 aliphatic rings. The lowest BCUT2D eigenvalue weighted by Crippen LogP contribution is -2.32. The van der Waals surface area contributed by atoms with Crippen LogP contribution in [-0.4, -0.2) is 26.9 Å². The van der Waals surface area contributed by atoms with Crippen LogP contribution in [0.2, 0.25) is 0 Å². The lowest BCUT2D eigenvalue weighted by atomic mass is 10.1. The summed E-state index contributed by atoms with van der Waals surface area (Å²) < 4.78 is 1.41. The fourth-order valence-electron chi connectivity index (χ4n) is 2.71. The van der Waals surface area contributed by atoms with Gasteiger partial charge in [-0.1, -0.05) is 41.1 Å². The third kappa shape index (κ3) is 3.29. The van der Waals surface area contributed by atoms with Crippen LogP contribution in [0.4, 0.5) is 0 Å². The monoisotopic (exact) mass is 308 g/mol. The topological polar surface area (TPSA) is 51.0 Å². The minimum atomic E-state index is -0.108. The molecule has 3 aromatic rings. The predicted octanol–water partition coefficient (Wildman–Crippen LogP) is 2.50. The highest BCUT2D eigenvalue weighted by atomic mass is 16.1. The maximum absolute atomic E-state index is 12.5. The lowest BCUT2D eigenvalue weighted by Gasteiger charge is -2.18. The van der Waals surface area contributed by atoms with Crippen LogP contribution in [0.3, 0.4) is 0 Å². The van der Waals surface area contributed by atoms with E-state index in [9.17, 15) is 4.79 Å². The Morgan fingerprint density at radius 3 is 2.70 bits per heavy atom. The average molecular weight is 308 g/mol. The molecule has 1 heterocycles. The number of nitrogens with zero attached hydrogens (tertiary/aromatic N) is 4. The van der Waals surface area contributed by atoms with Crippen molar-refractivity contribution in [2.75, 3.05) is 7.05 Å². The summed E-state index contributed by atoms with van der Waals surface area (Å²) in [6, 6.07) is 13.7. The van der Waals surface area contributed by atoms with Crippen LogP contribution in [0.15, 0.2) is 47.3 Å². The molecular formula is C18H20N4O. The quantitative estimate of drug-likeness (QED) is 0.743. The molecule has 5 heteroatoms. The summed E-state index contributed by atoms with van der Waals surface area (Å²) >= 11 is 0. The molecule has 0 aliphatic carbocycles. The van der Waals surface area contributed by atoms with Crippen molar-refractivity contribution in [2.24, 2.45) is 0 Å². The van der Waals surface area contributed by atoms with Gasteiger partial charge in [0.15, 0.2) is 0 Å². The summed E-state index contributed by atoms with van der Waals surface area (Å²) in [4.78, 5) is 14.5. The molecule has 0 fully saturated rings. The number of fused-ring (bicyclic) bond motifs is 1. The van der Waals surface area contributed by atoms with Gasteiger partial charge in [-0.25, -0.2) is 0 Å².